The van der Waals surface area contributed by atoms with Crippen LogP contribution < -0.4 is 10.1 Å². The van der Waals surface area contributed by atoms with Crippen LogP contribution in [0.1, 0.15) is 15.9 Å². The SMILES string of the molecule is COc1ccc(C)cc1C(=O)OCC(=O)Nc1cccc(Br)c1. The van der Waals surface area contributed by atoms with Crippen molar-refractivity contribution in [2.24, 2.45) is 0 Å². The van der Waals surface area contributed by atoms with Gasteiger partial charge in [0.2, 0.25) is 0 Å². The van der Waals surface area contributed by atoms with Gasteiger partial charge in [0.05, 0.1) is 7.11 Å². The average Bonchev–Trinajstić information content (AvgIpc) is 2.52. The summed E-state index contributed by atoms with van der Waals surface area (Å²) in [6, 6.07) is 12.3. The fourth-order valence-electron chi connectivity index (χ4n) is 1.95. The maximum Gasteiger partial charge on any atom is 0.342 e. The van der Waals surface area contributed by atoms with E-state index in [2.05, 4.69) is 21.2 Å². The molecule has 0 bridgehead atoms. The number of methoxy groups -OCH3 is 1. The molecular formula is C17H16BrNO4. The molecule has 0 unspecified atom stereocenters. The van der Waals surface area contributed by atoms with Crippen molar-refractivity contribution in [1.29, 1.82) is 0 Å². The lowest BCUT2D eigenvalue weighted by molar-refractivity contribution is -0.119. The Labute approximate surface area is 142 Å². The zero-order chi connectivity index (χ0) is 16.8. The lowest BCUT2D eigenvalue weighted by atomic mass is 10.1. The van der Waals surface area contributed by atoms with Crippen molar-refractivity contribution in [2.45, 2.75) is 6.92 Å². The second-order valence-electron chi connectivity index (χ2n) is 4.84. The first-order valence-electron chi connectivity index (χ1n) is 6.87. The Kier molecular flexibility index (Phi) is 5.76. The minimum absolute atomic E-state index is 0.294. The number of hydrogen-bond acceptors (Lipinski definition) is 4. The largest absolute Gasteiger partial charge is 0.496 e. The van der Waals surface area contributed by atoms with Gasteiger partial charge in [0.15, 0.2) is 6.61 Å². The Hall–Kier alpha value is -2.34. The summed E-state index contributed by atoms with van der Waals surface area (Å²) in [5, 5.41) is 2.65. The first kappa shape index (κ1) is 17.0. The summed E-state index contributed by atoms with van der Waals surface area (Å²) < 4.78 is 11.0. The molecule has 0 atom stereocenters. The van der Waals surface area contributed by atoms with Crippen LogP contribution in [0.5, 0.6) is 5.75 Å². The van der Waals surface area contributed by atoms with Gasteiger partial charge in [0.25, 0.3) is 5.91 Å². The minimum Gasteiger partial charge on any atom is -0.496 e. The second-order valence-corrected chi connectivity index (χ2v) is 5.75. The molecule has 0 aliphatic heterocycles. The monoisotopic (exact) mass is 377 g/mol. The molecule has 1 N–H and O–H groups in total. The Morgan fingerprint density at radius 2 is 1.96 bits per heavy atom. The van der Waals surface area contributed by atoms with E-state index in [0.29, 0.717) is 17.0 Å². The summed E-state index contributed by atoms with van der Waals surface area (Å²) in [6.45, 7) is 1.48. The number of benzene rings is 2. The third-order valence-electron chi connectivity index (χ3n) is 3.02. The highest BCUT2D eigenvalue weighted by molar-refractivity contribution is 9.10. The molecule has 0 spiro atoms. The number of esters is 1. The van der Waals surface area contributed by atoms with E-state index in [1.165, 1.54) is 7.11 Å². The number of carbonyl (C=O) groups is 2. The van der Waals surface area contributed by atoms with Crippen LogP contribution in [0.4, 0.5) is 5.69 Å². The molecule has 23 heavy (non-hydrogen) atoms. The van der Waals surface area contributed by atoms with E-state index in [4.69, 9.17) is 9.47 Å². The van der Waals surface area contributed by atoms with Gasteiger partial charge >= 0.3 is 5.97 Å². The maximum atomic E-state index is 12.1. The Bertz CT molecular complexity index is 730. The topological polar surface area (TPSA) is 64.6 Å². The zero-order valence-corrected chi connectivity index (χ0v) is 14.3. The van der Waals surface area contributed by atoms with E-state index >= 15 is 0 Å². The quantitative estimate of drug-likeness (QED) is 0.809. The number of hydrogen-bond donors (Lipinski definition) is 1. The second kappa shape index (κ2) is 7.78. The van der Waals surface area contributed by atoms with Crippen LogP contribution in [0, 0.1) is 6.92 Å². The van der Waals surface area contributed by atoms with Crippen LogP contribution in [0.3, 0.4) is 0 Å². The summed E-state index contributed by atoms with van der Waals surface area (Å²) in [6.07, 6.45) is 0. The molecule has 0 aliphatic rings. The van der Waals surface area contributed by atoms with Crippen LogP contribution in [-0.4, -0.2) is 25.6 Å². The molecule has 0 radical (unpaired) electrons. The third-order valence-corrected chi connectivity index (χ3v) is 3.51. The number of nitrogens with one attached hydrogen (secondary N) is 1. The first-order valence-corrected chi connectivity index (χ1v) is 7.66. The zero-order valence-electron chi connectivity index (χ0n) is 12.8. The number of rotatable bonds is 5. The van der Waals surface area contributed by atoms with Crippen LogP contribution >= 0.6 is 15.9 Å². The van der Waals surface area contributed by atoms with Crippen LogP contribution in [-0.2, 0) is 9.53 Å². The van der Waals surface area contributed by atoms with Crippen LogP contribution in [0.25, 0.3) is 0 Å². The van der Waals surface area contributed by atoms with Gasteiger partial charge in [-0.1, -0.05) is 33.6 Å². The average molecular weight is 378 g/mol. The molecular weight excluding hydrogens is 362 g/mol. The Morgan fingerprint density at radius 3 is 2.65 bits per heavy atom. The number of aryl methyl sites for hydroxylation is 1. The molecule has 5 nitrogen and oxygen atoms in total. The van der Waals surface area contributed by atoms with E-state index in [0.717, 1.165) is 10.0 Å². The molecule has 2 aromatic carbocycles. The normalized spacial score (nSPS) is 10.0. The number of ether oxygens (including phenoxy) is 2. The van der Waals surface area contributed by atoms with Crippen molar-refractivity contribution in [3.63, 3.8) is 0 Å². The van der Waals surface area contributed by atoms with Crippen molar-refractivity contribution in [1.82, 2.24) is 0 Å². The number of amides is 1. The molecule has 1 amide bonds. The van der Waals surface area contributed by atoms with Gasteiger partial charge in [0.1, 0.15) is 11.3 Å². The molecule has 6 heteroatoms. The van der Waals surface area contributed by atoms with Crippen molar-refractivity contribution >= 4 is 33.5 Å². The molecule has 0 fully saturated rings. The molecule has 120 valence electrons. The highest BCUT2D eigenvalue weighted by atomic mass is 79.9. The van der Waals surface area contributed by atoms with Crippen molar-refractivity contribution in [3.05, 3.63) is 58.1 Å². The lowest BCUT2D eigenvalue weighted by Crippen LogP contribution is -2.21. The van der Waals surface area contributed by atoms with E-state index in [1.807, 2.05) is 19.1 Å². The van der Waals surface area contributed by atoms with E-state index in [1.54, 1.807) is 30.3 Å². The number of carbonyl (C=O) groups excluding carboxylic acids is 2. The summed E-state index contributed by atoms with van der Waals surface area (Å²) in [5.41, 5.74) is 1.81. The predicted octanol–water partition coefficient (Wildman–Crippen LogP) is 3.56. The minimum atomic E-state index is -0.602. The number of halogens is 1. The smallest absolute Gasteiger partial charge is 0.342 e. The Balaban J connectivity index is 1.96. The predicted molar refractivity (Wildman–Crippen MR) is 90.8 cm³/mol. The van der Waals surface area contributed by atoms with Gasteiger partial charge in [-0.2, -0.15) is 0 Å². The van der Waals surface area contributed by atoms with Gasteiger partial charge in [-0.25, -0.2) is 4.79 Å². The summed E-state index contributed by atoms with van der Waals surface area (Å²) in [5.74, 6) is -0.606. The van der Waals surface area contributed by atoms with Crippen molar-refractivity contribution < 1.29 is 19.1 Å². The molecule has 0 heterocycles. The Morgan fingerprint density at radius 1 is 1.17 bits per heavy atom. The van der Waals surface area contributed by atoms with Gasteiger partial charge in [-0.15, -0.1) is 0 Å². The fraction of sp³-hybridized carbons (Fsp3) is 0.176. The molecule has 0 aromatic heterocycles. The van der Waals surface area contributed by atoms with E-state index in [-0.39, 0.29) is 6.61 Å². The molecule has 2 rings (SSSR count). The van der Waals surface area contributed by atoms with Crippen LogP contribution in [0.2, 0.25) is 0 Å². The number of anilines is 1. The van der Waals surface area contributed by atoms with Gasteiger partial charge in [-0.3, -0.25) is 4.79 Å². The van der Waals surface area contributed by atoms with Crippen molar-refractivity contribution in [3.8, 4) is 5.75 Å². The van der Waals surface area contributed by atoms with Gasteiger partial charge in [-0.05, 0) is 37.3 Å². The molecule has 0 saturated carbocycles. The fourth-order valence-corrected chi connectivity index (χ4v) is 2.35. The summed E-state index contributed by atoms with van der Waals surface area (Å²) in [7, 11) is 1.47. The van der Waals surface area contributed by atoms with E-state index in [9.17, 15) is 9.59 Å². The van der Waals surface area contributed by atoms with Gasteiger partial charge < -0.3 is 14.8 Å². The highest BCUT2D eigenvalue weighted by Crippen LogP contribution is 2.20. The first-order chi connectivity index (χ1) is 11.0. The molecule has 0 aliphatic carbocycles. The molecule has 0 saturated heterocycles. The maximum absolute atomic E-state index is 12.1. The summed E-state index contributed by atoms with van der Waals surface area (Å²) >= 11 is 3.32. The standard InChI is InChI=1S/C17H16BrNO4/c1-11-6-7-15(22-2)14(8-11)17(21)23-10-16(20)19-13-5-3-4-12(18)9-13/h3-9H,10H2,1-2H3,(H,19,20). The van der Waals surface area contributed by atoms with Crippen LogP contribution in [0.15, 0.2) is 46.9 Å². The summed E-state index contributed by atoms with van der Waals surface area (Å²) in [4.78, 5) is 23.9. The van der Waals surface area contributed by atoms with E-state index < -0.39 is 11.9 Å². The molecule has 2 aromatic rings. The lowest BCUT2D eigenvalue weighted by Gasteiger charge is -2.10. The van der Waals surface area contributed by atoms with Gasteiger partial charge in [0, 0.05) is 10.2 Å². The highest BCUT2D eigenvalue weighted by Gasteiger charge is 2.15. The van der Waals surface area contributed by atoms with Crippen molar-refractivity contribution in [2.75, 3.05) is 19.0 Å². The third kappa shape index (κ3) is 4.82.